The van der Waals surface area contributed by atoms with E-state index < -0.39 is 0 Å². The van der Waals surface area contributed by atoms with Crippen LogP contribution in [0, 0.1) is 30.6 Å². The van der Waals surface area contributed by atoms with Gasteiger partial charge in [-0.1, -0.05) is 18.2 Å². The molecule has 23 heavy (non-hydrogen) atoms. The zero-order valence-corrected chi connectivity index (χ0v) is 13.1. The Morgan fingerprint density at radius 1 is 1.13 bits per heavy atom. The number of benzene rings is 1. The molecule has 4 atom stereocenters. The Morgan fingerprint density at radius 2 is 1.74 bits per heavy atom. The molecule has 2 aliphatic carbocycles. The van der Waals surface area contributed by atoms with E-state index in [1.807, 2.05) is 31.2 Å². The van der Waals surface area contributed by atoms with E-state index in [0.717, 1.165) is 30.5 Å². The number of amides is 3. The van der Waals surface area contributed by atoms with Crippen LogP contribution in [0.25, 0.3) is 0 Å². The highest BCUT2D eigenvalue weighted by Gasteiger charge is 2.60. The minimum absolute atomic E-state index is 0.132. The molecular formula is C18H20N2O3. The molecule has 1 aromatic carbocycles. The molecule has 5 heteroatoms. The summed E-state index contributed by atoms with van der Waals surface area (Å²) in [5.41, 5.74) is 1.67. The maximum absolute atomic E-state index is 12.6. The van der Waals surface area contributed by atoms with Gasteiger partial charge in [-0.05, 0) is 49.7 Å². The molecule has 3 aliphatic rings. The zero-order valence-electron chi connectivity index (χ0n) is 13.1. The molecule has 0 aromatic heterocycles. The lowest BCUT2D eigenvalue weighted by Crippen LogP contribution is -2.39. The summed E-state index contributed by atoms with van der Waals surface area (Å²) in [4.78, 5) is 38.6. The van der Waals surface area contributed by atoms with Crippen molar-refractivity contribution in [3.63, 3.8) is 0 Å². The molecular weight excluding hydrogens is 292 g/mol. The molecule has 1 heterocycles. The fourth-order valence-electron chi connectivity index (χ4n) is 4.67. The summed E-state index contributed by atoms with van der Waals surface area (Å²) in [5.74, 6) is -0.190. The Hall–Kier alpha value is -2.17. The van der Waals surface area contributed by atoms with Crippen LogP contribution in [0.4, 0.5) is 5.69 Å². The number of nitrogens with zero attached hydrogens (tertiary/aromatic N) is 1. The maximum atomic E-state index is 12.6. The number of carbonyl (C=O) groups excluding carboxylic acids is 3. The van der Waals surface area contributed by atoms with Crippen LogP contribution >= 0.6 is 0 Å². The first kappa shape index (κ1) is 14.4. The predicted octanol–water partition coefficient (Wildman–Crippen LogP) is 1.96. The molecule has 0 unspecified atom stereocenters. The largest absolute Gasteiger partial charge is 0.324 e. The summed E-state index contributed by atoms with van der Waals surface area (Å²) in [6, 6.07) is 7.46. The molecule has 5 nitrogen and oxygen atoms in total. The molecule has 2 bridgehead atoms. The summed E-state index contributed by atoms with van der Waals surface area (Å²) in [6.07, 6.45) is 3.11. The van der Waals surface area contributed by atoms with Crippen LogP contribution in [-0.4, -0.2) is 29.2 Å². The van der Waals surface area contributed by atoms with Gasteiger partial charge in [0.2, 0.25) is 17.7 Å². The molecule has 120 valence electrons. The fourth-order valence-corrected chi connectivity index (χ4v) is 4.67. The van der Waals surface area contributed by atoms with Crippen molar-refractivity contribution < 1.29 is 14.4 Å². The molecule has 1 saturated heterocycles. The Labute approximate surface area is 135 Å². The van der Waals surface area contributed by atoms with Crippen LogP contribution in [0.5, 0.6) is 0 Å². The number of rotatable bonds is 3. The van der Waals surface area contributed by atoms with Gasteiger partial charge in [-0.3, -0.25) is 19.3 Å². The van der Waals surface area contributed by atoms with Crippen molar-refractivity contribution in [1.29, 1.82) is 0 Å². The Morgan fingerprint density at radius 3 is 2.35 bits per heavy atom. The van der Waals surface area contributed by atoms with Gasteiger partial charge in [0, 0.05) is 5.69 Å². The maximum Gasteiger partial charge on any atom is 0.244 e. The second-order valence-corrected chi connectivity index (χ2v) is 7.01. The summed E-state index contributed by atoms with van der Waals surface area (Å²) >= 11 is 0. The number of hydrogen-bond acceptors (Lipinski definition) is 3. The SMILES string of the molecule is Cc1ccccc1NC(=O)CN1C(=O)[C@@H]2[C@@H]3CC[C@@H](C3)[C@@H]2C1=O. The molecule has 3 amide bonds. The van der Waals surface area contributed by atoms with Gasteiger partial charge < -0.3 is 5.32 Å². The van der Waals surface area contributed by atoms with E-state index in [2.05, 4.69) is 5.32 Å². The lowest BCUT2D eigenvalue weighted by molar-refractivity contribution is -0.143. The Balaban J connectivity index is 1.47. The number of nitrogens with one attached hydrogen (secondary N) is 1. The minimum Gasteiger partial charge on any atom is -0.324 e. The summed E-state index contributed by atoms with van der Waals surface area (Å²) in [6.45, 7) is 1.74. The zero-order chi connectivity index (χ0) is 16.1. The van der Waals surface area contributed by atoms with E-state index >= 15 is 0 Å². The standard InChI is InChI=1S/C18H20N2O3/c1-10-4-2-3-5-13(10)19-14(21)9-20-17(22)15-11-6-7-12(8-11)16(15)18(20)23/h2-5,11-12,15-16H,6-9H2,1H3,(H,19,21)/t11-,12+,15-,16+. The van der Waals surface area contributed by atoms with Gasteiger partial charge in [0.15, 0.2) is 0 Å². The van der Waals surface area contributed by atoms with Crippen molar-refractivity contribution in [3.05, 3.63) is 29.8 Å². The van der Waals surface area contributed by atoms with Crippen molar-refractivity contribution in [2.45, 2.75) is 26.2 Å². The lowest BCUT2D eigenvalue weighted by Gasteiger charge is -2.19. The average Bonchev–Trinajstić information content (AvgIpc) is 3.19. The van der Waals surface area contributed by atoms with Crippen molar-refractivity contribution in [1.82, 2.24) is 4.90 Å². The molecule has 0 radical (unpaired) electrons. The van der Waals surface area contributed by atoms with Crippen molar-refractivity contribution in [2.75, 3.05) is 11.9 Å². The van der Waals surface area contributed by atoms with Gasteiger partial charge in [-0.2, -0.15) is 0 Å². The number of anilines is 1. The lowest BCUT2D eigenvalue weighted by atomic mass is 9.81. The van der Waals surface area contributed by atoms with Crippen LogP contribution < -0.4 is 5.32 Å². The number of para-hydroxylation sites is 1. The van der Waals surface area contributed by atoms with Gasteiger partial charge in [0.1, 0.15) is 6.54 Å². The highest BCUT2D eigenvalue weighted by Crippen LogP contribution is 2.56. The molecule has 4 rings (SSSR count). The molecule has 3 fully saturated rings. The van der Waals surface area contributed by atoms with E-state index in [1.54, 1.807) is 0 Å². The summed E-state index contributed by atoms with van der Waals surface area (Å²) < 4.78 is 0. The smallest absolute Gasteiger partial charge is 0.244 e. The highest BCUT2D eigenvalue weighted by molar-refractivity contribution is 6.09. The third-order valence-electron chi connectivity index (χ3n) is 5.74. The first-order valence-corrected chi connectivity index (χ1v) is 8.27. The van der Waals surface area contributed by atoms with Gasteiger partial charge in [0.05, 0.1) is 11.8 Å². The Kier molecular flexibility index (Phi) is 3.25. The number of hydrogen-bond donors (Lipinski definition) is 1. The van der Waals surface area contributed by atoms with Crippen LogP contribution in [0.2, 0.25) is 0 Å². The summed E-state index contributed by atoms with van der Waals surface area (Å²) in [7, 11) is 0. The molecule has 1 aliphatic heterocycles. The van der Waals surface area contributed by atoms with Gasteiger partial charge in [-0.15, -0.1) is 0 Å². The third kappa shape index (κ3) is 2.18. The van der Waals surface area contributed by atoms with Crippen LogP contribution in [0.3, 0.4) is 0 Å². The van der Waals surface area contributed by atoms with Crippen molar-refractivity contribution >= 4 is 23.4 Å². The quantitative estimate of drug-likeness (QED) is 0.868. The van der Waals surface area contributed by atoms with E-state index in [4.69, 9.17) is 0 Å². The number of imide groups is 1. The topological polar surface area (TPSA) is 66.5 Å². The first-order valence-electron chi connectivity index (χ1n) is 8.27. The average molecular weight is 312 g/mol. The molecule has 2 saturated carbocycles. The number of carbonyl (C=O) groups is 3. The van der Waals surface area contributed by atoms with Crippen molar-refractivity contribution in [2.24, 2.45) is 23.7 Å². The van der Waals surface area contributed by atoms with E-state index in [9.17, 15) is 14.4 Å². The van der Waals surface area contributed by atoms with Crippen LogP contribution in [0.1, 0.15) is 24.8 Å². The second kappa shape index (κ2) is 5.18. The minimum atomic E-state index is -0.312. The van der Waals surface area contributed by atoms with Gasteiger partial charge in [-0.25, -0.2) is 0 Å². The van der Waals surface area contributed by atoms with Gasteiger partial charge >= 0.3 is 0 Å². The summed E-state index contributed by atoms with van der Waals surface area (Å²) in [5, 5.41) is 2.80. The Bertz CT molecular complexity index is 671. The monoisotopic (exact) mass is 312 g/mol. The molecule has 1 aromatic rings. The molecule has 1 N–H and O–H groups in total. The third-order valence-corrected chi connectivity index (χ3v) is 5.74. The number of aryl methyl sites for hydroxylation is 1. The van der Waals surface area contributed by atoms with Gasteiger partial charge in [0.25, 0.3) is 0 Å². The van der Waals surface area contributed by atoms with Crippen molar-refractivity contribution in [3.8, 4) is 0 Å². The van der Waals surface area contributed by atoms with E-state index in [-0.39, 0.29) is 36.1 Å². The predicted molar refractivity (Wildman–Crippen MR) is 84.3 cm³/mol. The number of likely N-dealkylation sites (tertiary alicyclic amines) is 1. The molecule has 0 spiro atoms. The normalized spacial score (nSPS) is 31.6. The van der Waals surface area contributed by atoms with Crippen LogP contribution in [0.15, 0.2) is 24.3 Å². The van der Waals surface area contributed by atoms with E-state index in [1.165, 1.54) is 4.90 Å². The fraction of sp³-hybridized carbons (Fsp3) is 0.500. The second-order valence-electron chi connectivity index (χ2n) is 7.01. The highest BCUT2D eigenvalue weighted by atomic mass is 16.2. The van der Waals surface area contributed by atoms with E-state index in [0.29, 0.717) is 11.8 Å². The first-order chi connectivity index (χ1) is 11.1. The number of fused-ring (bicyclic) bond motifs is 5. The van der Waals surface area contributed by atoms with Crippen LogP contribution in [-0.2, 0) is 14.4 Å².